The molecule has 0 saturated heterocycles. The maximum Gasteiger partial charge on any atom is 0.232 e. The molecule has 66 valence electrons. The summed E-state index contributed by atoms with van der Waals surface area (Å²) < 4.78 is 0. The van der Waals surface area contributed by atoms with Crippen molar-refractivity contribution in [3.63, 3.8) is 0 Å². The number of carbonyl (C=O) groups is 1. The van der Waals surface area contributed by atoms with Crippen LogP contribution in [0.5, 0.6) is 0 Å². The maximum atomic E-state index is 10.7. The van der Waals surface area contributed by atoms with Crippen LogP contribution in [-0.4, -0.2) is 28.2 Å². The van der Waals surface area contributed by atoms with Gasteiger partial charge in [-0.15, -0.1) is 35.0 Å². The van der Waals surface area contributed by atoms with E-state index in [0.29, 0.717) is 11.6 Å². The van der Waals surface area contributed by atoms with Gasteiger partial charge in [-0.1, -0.05) is 0 Å². The van der Waals surface area contributed by atoms with Crippen LogP contribution in [0.1, 0.15) is 6.92 Å². The van der Waals surface area contributed by atoms with Crippen LogP contribution in [0, 0.1) is 0 Å². The number of thioether (sulfide) groups is 1. The van der Waals surface area contributed by atoms with E-state index in [1.54, 1.807) is 6.92 Å². The van der Waals surface area contributed by atoms with Crippen molar-refractivity contribution in [3.8, 4) is 0 Å². The fraction of sp³-hybridized carbons (Fsp3) is 0.833. The van der Waals surface area contributed by atoms with Crippen molar-refractivity contribution in [2.75, 3.05) is 11.6 Å². The normalized spacial score (nSPS) is 15.9. The average Bonchev–Trinajstić information content (AvgIpc) is 1.87. The van der Waals surface area contributed by atoms with E-state index in [-0.39, 0.29) is 16.5 Å². The summed E-state index contributed by atoms with van der Waals surface area (Å²) in [6, 6.07) is 0. The Bertz CT molecular complexity index is 132. The van der Waals surface area contributed by atoms with E-state index < -0.39 is 0 Å². The predicted octanol–water partition coefficient (Wildman–Crippen LogP) is 1.44. The van der Waals surface area contributed by atoms with Gasteiger partial charge in [0.05, 0.1) is 10.6 Å². The van der Waals surface area contributed by atoms with Gasteiger partial charge < -0.3 is 5.73 Å². The zero-order valence-electron chi connectivity index (χ0n) is 6.22. The Morgan fingerprint density at radius 3 is 2.55 bits per heavy atom. The Labute approximate surface area is 80.8 Å². The van der Waals surface area contributed by atoms with Crippen LogP contribution in [0.15, 0.2) is 0 Å². The molecule has 0 aromatic carbocycles. The molecule has 0 heterocycles. The van der Waals surface area contributed by atoms with Gasteiger partial charge in [0.1, 0.15) is 0 Å². The largest absolute Gasteiger partial charge is 0.369 e. The van der Waals surface area contributed by atoms with Crippen LogP contribution in [-0.2, 0) is 4.79 Å². The van der Waals surface area contributed by atoms with Gasteiger partial charge in [-0.25, -0.2) is 0 Å². The molecule has 0 aromatic heterocycles. The number of hydrogen-bond acceptors (Lipinski definition) is 2. The predicted molar refractivity (Wildman–Crippen MR) is 51.5 cm³/mol. The number of alkyl halides is 2. The molecule has 2 N–H and O–H groups in total. The van der Waals surface area contributed by atoms with Gasteiger partial charge >= 0.3 is 0 Å². The lowest BCUT2D eigenvalue weighted by atomic mass is 10.3. The molecule has 11 heavy (non-hydrogen) atoms. The smallest absolute Gasteiger partial charge is 0.232 e. The van der Waals surface area contributed by atoms with Crippen LogP contribution < -0.4 is 5.73 Å². The molecule has 2 unspecified atom stereocenters. The first-order valence-corrected chi connectivity index (χ1v) is 5.22. The zero-order valence-corrected chi connectivity index (χ0v) is 8.55. The molecule has 1 amide bonds. The molecule has 0 rings (SSSR count). The summed E-state index contributed by atoms with van der Waals surface area (Å²) in [7, 11) is 0. The summed E-state index contributed by atoms with van der Waals surface area (Å²) in [5.74, 6) is 0.840. The van der Waals surface area contributed by atoms with E-state index in [2.05, 4.69) is 0 Å². The van der Waals surface area contributed by atoms with Crippen LogP contribution in [0.25, 0.3) is 0 Å². The number of carbonyl (C=O) groups excluding carboxylic acids is 1. The highest BCUT2D eigenvalue weighted by molar-refractivity contribution is 8.00. The minimum absolute atomic E-state index is 0.235. The van der Waals surface area contributed by atoms with E-state index in [4.69, 9.17) is 28.9 Å². The number of amides is 1. The Morgan fingerprint density at radius 2 is 2.27 bits per heavy atom. The van der Waals surface area contributed by atoms with Gasteiger partial charge in [0, 0.05) is 11.6 Å². The summed E-state index contributed by atoms with van der Waals surface area (Å²) in [6.07, 6.45) is 0. The van der Waals surface area contributed by atoms with Crippen molar-refractivity contribution in [3.05, 3.63) is 0 Å². The Balaban J connectivity index is 3.80. The highest BCUT2D eigenvalue weighted by atomic mass is 35.5. The zero-order chi connectivity index (χ0) is 8.85. The SMILES string of the molecule is CC(Cl)C(SCCCl)C(N)=O. The quantitative estimate of drug-likeness (QED) is 0.706. The molecule has 0 radical (unpaired) electrons. The standard InChI is InChI=1S/C6H11Cl2NOS/c1-4(8)5(6(9)10)11-3-2-7/h4-5H,2-3H2,1H3,(H2,9,10). The van der Waals surface area contributed by atoms with Crippen molar-refractivity contribution < 1.29 is 4.79 Å². The Kier molecular flexibility index (Phi) is 6.19. The number of halogens is 2. The van der Waals surface area contributed by atoms with E-state index in [9.17, 15) is 4.79 Å². The van der Waals surface area contributed by atoms with Crippen LogP contribution >= 0.6 is 35.0 Å². The Morgan fingerprint density at radius 1 is 1.73 bits per heavy atom. The molecule has 2 nitrogen and oxygen atoms in total. The number of primary amides is 1. The van der Waals surface area contributed by atoms with E-state index in [0.717, 1.165) is 0 Å². The minimum Gasteiger partial charge on any atom is -0.369 e. The van der Waals surface area contributed by atoms with Gasteiger partial charge in [-0.05, 0) is 6.92 Å². The molecule has 5 heteroatoms. The summed E-state index contributed by atoms with van der Waals surface area (Å²) in [5.41, 5.74) is 5.09. The third-order valence-electron chi connectivity index (χ3n) is 1.07. The fourth-order valence-corrected chi connectivity index (χ4v) is 1.99. The molecule has 0 spiro atoms. The second-order valence-corrected chi connectivity index (χ2v) is 4.38. The maximum absolute atomic E-state index is 10.7. The van der Waals surface area contributed by atoms with Crippen molar-refractivity contribution in [2.24, 2.45) is 5.73 Å². The van der Waals surface area contributed by atoms with Gasteiger partial charge in [0.2, 0.25) is 5.91 Å². The first-order chi connectivity index (χ1) is 5.09. The van der Waals surface area contributed by atoms with Crippen molar-refractivity contribution in [1.82, 2.24) is 0 Å². The molecular formula is C6H11Cl2NOS. The summed E-state index contributed by atoms with van der Waals surface area (Å²) >= 11 is 12.5. The average molecular weight is 216 g/mol. The molecule has 0 aliphatic heterocycles. The lowest BCUT2D eigenvalue weighted by Gasteiger charge is -2.13. The van der Waals surface area contributed by atoms with Crippen molar-refractivity contribution in [1.29, 1.82) is 0 Å². The number of rotatable bonds is 5. The van der Waals surface area contributed by atoms with Gasteiger partial charge in [-0.3, -0.25) is 4.79 Å². The van der Waals surface area contributed by atoms with Crippen molar-refractivity contribution >= 4 is 40.9 Å². The van der Waals surface area contributed by atoms with Gasteiger partial charge in [0.25, 0.3) is 0 Å². The van der Waals surface area contributed by atoms with Crippen LogP contribution in [0.3, 0.4) is 0 Å². The van der Waals surface area contributed by atoms with Gasteiger partial charge in [-0.2, -0.15) is 0 Å². The second kappa shape index (κ2) is 5.98. The molecular weight excluding hydrogens is 205 g/mol. The highest BCUT2D eigenvalue weighted by Crippen LogP contribution is 2.18. The number of hydrogen-bond donors (Lipinski definition) is 1. The first-order valence-electron chi connectivity index (χ1n) is 3.20. The highest BCUT2D eigenvalue weighted by Gasteiger charge is 2.20. The summed E-state index contributed by atoms with van der Waals surface area (Å²) in [6.45, 7) is 1.75. The monoisotopic (exact) mass is 215 g/mol. The lowest BCUT2D eigenvalue weighted by molar-refractivity contribution is -0.117. The van der Waals surface area contributed by atoms with Crippen LogP contribution in [0.4, 0.5) is 0 Å². The molecule has 0 fully saturated rings. The second-order valence-electron chi connectivity index (χ2n) is 2.06. The third kappa shape index (κ3) is 4.77. The minimum atomic E-state index is -0.373. The lowest BCUT2D eigenvalue weighted by Crippen LogP contribution is -2.32. The molecule has 0 saturated carbocycles. The third-order valence-corrected chi connectivity index (χ3v) is 3.33. The number of nitrogens with two attached hydrogens (primary N) is 1. The topological polar surface area (TPSA) is 43.1 Å². The molecule has 0 bridgehead atoms. The van der Waals surface area contributed by atoms with Crippen LogP contribution in [0.2, 0.25) is 0 Å². The molecule has 0 aliphatic carbocycles. The first kappa shape index (κ1) is 11.4. The van der Waals surface area contributed by atoms with Gasteiger partial charge in [0.15, 0.2) is 0 Å². The van der Waals surface area contributed by atoms with Crippen molar-refractivity contribution in [2.45, 2.75) is 17.6 Å². The molecule has 2 atom stereocenters. The van der Waals surface area contributed by atoms with E-state index in [1.165, 1.54) is 11.8 Å². The molecule has 0 aliphatic rings. The Hall–Kier alpha value is 0.400. The summed E-state index contributed by atoms with van der Waals surface area (Å²) in [4.78, 5) is 10.7. The fourth-order valence-electron chi connectivity index (χ4n) is 0.613. The molecule has 0 aromatic rings. The van der Waals surface area contributed by atoms with E-state index in [1.807, 2.05) is 0 Å². The van der Waals surface area contributed by atoms with E-state index >= 15 is 0 Å². The summed E-state index contributed by atoms with van der Waals surface area (Å²) in [5, 5.41) is -0.559.